The van der Waals surface area contributed by atoms with Crippen LogP contribution in [0.4, 0.5) is 0 Å². The maximum Gasteiger partial charge on any atom is 0.231 e. The van der Waals surface area contributed by atoms with Gasteiger partial charge in [-0.05, 0) is 37.5 Å². The molecule has 1 aromatic heterocycles. The highest BCUT2D eigenvalue weighted by Gasteiger charge is 2.31. The molecule has 0 aromatic carbocycles. The van der Waals surface area contributed by atoms with Gasteiger partial charge in [-0.25, -0.2) is 0 Å². The van der Waals surface area contributed by atoms with Crippen LogP contribution in [0.15, 0.2) is 4.52 Å². The molecule has 0 spiro atoms. The minimum Gasteiger partial charge on any atom is -0.381 e. The molecule has 28 heavy (non-hydrogen) atoms. The maximum atomic E-state index is 12.5. The Morgan fingerprint density at radius 2 is 1.82 bits per heavy atom. The predicted octanol–water partition coefficient (Wildman–Crippen LogP) is 4.11. The highest BCUT2D eigenvalue weighted by molar-refractivity contribution is 5.76. The standard InChI is InChI=1S/C22H35N3O3/c26-21(10-9-17-5-1-2-6-17)25-13-11-19(15-25)22-23-20(24-28-22)12-14-27-16-18-7-3-4-8-18/h17-19H,1-16H2. The van der Waals surface area contributed by atoms with E-state index in [-0.39, 0.29) is 5.92 Å². The molecule has 1 unspecified atom stereocenters. The van der Waals surface area contributed by atoms with Gasteiger partial charge in [0.05, 0.1) is 12.5 Å². The van der Waals surface area contributed by atoms with E-state index in [1.54, 1.807) is 0 Å². The molecule has 3 aliphatic rings. The number of rotatable bonds is 9. The largest absolute Gasteiger partial charge is 0.381 e. The third kappa shape index (κ3) is 5.34. The Kier molecular flexibility index (Phi) is 7.00. The van der Waals surface area contributed by atoms with Gasteiger partial charge in [0.2, 0.25) is 11.8 Å². The minimum atomic E-state index is 0.191. The number of hydrogen-bond acceptors (Lipinski definition) is 5. The van der Waals surface area contributed by atoms with Crippen molar-refractivity contribution in [1.82, 2.24) is 15.0 Å². The van der Waals surface area contributed by atoms with Crippen LogP contribution in [0.1, 0.15) is 88.3 Å². The van der Waals surface area contributed by atoms with Crippen LogP contribution in [0, 0.1) is 11.8 Å². The molecule has 1 saturated heterocycles. The van der Waals surface area contributed by atoms with E-state index < -0.39 is 0 Å². The predicted molar refractivity (Wildman–Crippen MR) is 106 cm³/mol. The van der Waals surface area contributed by atoms with Crippen molar-refractivity contribution in [2.75, 3.05) is 26.3 Å². The molecule has 2 saturated carbocycles. The maximum absolute atomic E-state index is 12.5. The summed E-state index contributed by atoms with van der Waals surface area (Å²) in [6.45, 7) is 3.07. The van der Waals surface area contributed by atoms with Gasteiger partial charge in [0, 0.05) is 32.5 Å². The molecule has 6 nitrogen and oxygen atoms in total. The second kappa shape index (κ2) is 9.86. The van der Waals surface area contributed by atoms with Gasteiger partial charge in [0.25, 0.3) is 0 Å². The van der Waals surface area contributed by atoms with Crippen molar-refractivity contribution in [1.29, 1.82) is 0 Å². The number of amides is 1. The molecule has 0 radical (unpaired) electrons. The first-order valence-corrected chi connectivity index (χ1v) is 11.5. The summed E-state index contributed by atoms with van der Waals surface area (Å²) >= 11 is 0. The topological polar surface area (TPSA) is 68.5 Å². The van der Waals surface area contributed by atoms with E-state index in [0.29, 0.717) is 31.2 Å². The number of likely N-dealkylation sites (tertiary alicyclic amines) is 1. The van der Waals surface area contributed by atoms with Gasteiger partial charge in [-0.1, -0.05) is 43.7 Å². The summed E-state index contributed by atoms with van der Waals surface area (Å²) in [4.78, 5) is 19.1. The van der Waals surface area contributed by atoms with Crippen LogP contribution < -0.4 is 0 Å². The second-order valence-corrected chi connectivity index (χ2v) is 9.04. The zero-order valence-corrected chi connectivity index (χ0v) is 17.1. The van der Waals surface area contributed by atoms with Crippen molar-refractivity contribution in [3.63, 3.8) is 0 Å². The quantitative estimate of drug-likeness (QED) is 0.595. The summed E-state index contributed by atoms with van der Waals surface area (Å²) in [6, 6.07) is 0. The molecular formula is C22H35N3O3. The zero-order valence-electron chi connectivity index (χ0n) is 17.1. The molecule has 0 bridgehead atoms. The van der Waals surface area contributed by atoms with Crippen molar-refractivity contribution < 1.29 is 14.1 Å². The normalized spacial score (nSPS) is 23.9. The number of aromatic nitrogens is 2. The molecule has 1 aliphatic heterocycles. The monoisotopic (exact) mass is 389 g/mol. The van der Waals surface area contributed by atoms with E-state index in [2.05, 4.69) is 10.1 Å². The molecule has 2 heterocycles. The zero-order chi connectivity index (χ0) is 19.2. The van der Waals surface area contributed by atoms with Gasteiger partial charge in [0.15, 0.2) is 5.82 Å². The number of hydrogen-bond donors (Lipinski definition) is 0. The smallest absolute Gasteiger partial charge is 0.231 e. The van der Waals surface area contributed by atoms with E-state index in [1.807, 2.05) is 4.90 Å². The van der Waals surface area contributed by atoms with Crippen LogP contribution in [-0.2, 0) is 16.0 Å². The molecule has 3 fully saturated rings. The van der Waals surface area contributed by atoms with Crippen molar-refractivity contribution in [2.24, 2.45) is 11.8 Å². The highest BCUT2D eigenvalue weighted by atomic mass is 16.5. The lowest BCUT2D eigenvalue weighted by molar-refractivity contribution is -0.130. The lowest BCUT2D eigenvalue weighted by Gasteiger charge is -2.17. The van der Waals surface area contributed by atoms with Gasteiger partial charge in [-0.2, -0.15) is 4.98 Å². The first-order valence-electron chi connectivity index (χ1n) is 11.5. The number of nitrogens with zero attached hydrogens (tertiary/aromatic N) is 3. The van der Waals surface area contributed by atoms with Crippen molar-refractivity contribution >= 4 is 5.91 Å². The van der Waals surface area contributed by atoms with Crippen molar-refractivity contribution in [2.45, 2.75) is 83.0 Å². The summed E-state index contributed by atoms with van der Waals surface area (Å²) in [7, 11) is 0. The van der Waals surface area contributed by atoms with Crippen LogP contribution in [-0.4, -0.2) is 47.3 Å². The third-order valence-corrected chi connectivity index (χ3v) is 6.91. The van der Waals surface area contributed by atoms with Crippen LogP contribution in [0.3, 0.4) is 0 Å². The summed E-state index contributed by atoms with van der Waals surface area (Å²) in [5.41, 5.74) is 0. The molecule has 6 heteroatoms. The van der Waals surface area contributed by atoms with Crippen LogP contribution >= 0.6 is 0 Å². The molecule has 1 aromatic rings. The molecule has 1 amide bonds. The number of carbonyl (C=O) groups excluding carboxylic acids is 1. The lowest BCUT2D eigenvalue weighted by Crippen LogP contribution is -2.28. The van der Waals surface area contributed by atoms with Gasteiger partial charge < -0.3 is 14.2 Å². The Morgan fingerprint density at radius 3 is 2.61 bits per heavy atom. The highest BCUT2D eigenvalue weighted by Crippen LogP contribution is 2.30. The van der Waals surface area contributed by atoms with Gasteiger partial charge in [-0.15, -0.1) is 0 Å². The molecule has 4 rings (SSSR count). The van der Waals surface area contributed by atoms with E-state index in [0.717, 1.165) is 50.2 Å². The summed E-state index contributed by atoms with van der Waals surface area (Å²) in [5.74, 6) is 3.43. The molecule has 156 valence electrons. The number of ether oxygens (including phenoxy) is 1. The molecule has 1 atom stereocenters. The molecular weight excluding hydrogens is 354 g/mol. The molecule has 0 N–H and O–H groups in total. The van der Waals surface area contributed by atoms with E-state index in [1.165, 1.54) is 51.4 Å². The summed E-state index contributed by atoms with van der Waals surface area (Å²) in [6.07, 6.45) is 14.0. The minimum absolute atomic E-state index is 0.191. The van der Waals surface area contributed by atoms with Crippen LogP contribution in [0.5, 0.6) is 0 Å². The van der Waals surface area contributed by atoms with E-state index in [9.17, 15) is 4.79 Å². The third-order valence-electron chi connectivity index (χ3n) is 6.91. The Morgan fingerprint density at radius 1 is 1.07 bits per heavy atom. The Bertz CT molecular complexity index is 620. The summed E-state index contributed by atoms with van der Waals surface area (Å²) < 4.78 is 11.3. The summed E-state index contributed by atoms with van der Waals surface area (Å²) in [5, 5.41) is 4.12. The van der Waals surface area contributed by atoms with Crippen LogP contribution in [0.2, 0.25) is 0 Å². The Labute approximate surface area is 168 Å². The number of carbonyl (C=O) groups is 1. The van der Waals surface area contributed by atoms with Crippen LogP contribution in [0.25, 0.3) is 0 Å². The Balaban J connectivity index is 1.16. The van der Waals surface area contributed by atoms with E-state index in [4.69, 9.17) is 9.26 Å². The van der Waals surface area contributed by atoms with Crippen molar-refractivity contribution in [3.05, 3.63) is 11.7 Å². The molecule has 2 aliphatic carbocycles. The van der Waals surface area contributed by atoms with Crippen molar-refractivity contribution in [3.8, 4) is 0 Å². The fourth-order valence-electron chi connectivity index (χ4n) is 5.10. The first-order chi connectivity index (χ1) is 13.8. The lowest BCUT2D eigenvalue weighted by atomic mass is 10.0. The first kappa shape index (κ1) is 19.9. The fourth-order valence-corrected chi connectivity index (χ4v) is 5.10. The van der Waals surface area contributed by atoms with Gasteiger partial charge >= 0.3 is 0 Å². The van der Waals surface area contributed by atoms with Gasteiger partial charge in [0.1, 0.15) is 0 Å². The average Bonchev–Trinajstić information content (AvgIpc) is 3.49. The SMILES string of the molecule is O=C(CCC1CCCC1)N1CCC(c2nc(CCOCC3CCCC3)no2)C1. The fraction of sp³-hybridized carbons (Fsp3) is 0.864. The van der Waals surface area contributed by atoms with E-state index >= 15 is 0 Å². The van der Waals surface area contributed by atoms with Gasteiger partial charge in [-0.3, -0.25) is 4.79 Å². The second-order valence-electron chi connectivity index (χ2n) is 9.04. The average molecular weight is 390 g/mol. The Hall–Kier alpha value is -1.43.